The smallest absolute Gasteiger partial charge is 0.0250 e. The van der Waals surface area contributed by atoms with Crippen LogP contribution < -0.4 is 5.32 Å². The maximum absolute atomic E-state index is 3.76. The molecule has 0 radical (unpaired) electrons. The predicted octanol–water partition coefficient (Wildman–Crippen LogP) is 4.71. The van der Waals surface area contributed by atoms with Crippen LogP contribution in [0.3, 0.4) is 0 Å². The molecule has 0 aliphatic carbocycles. The second-order valence-corrected chi connectivity index (χ2v) is 8.72. The quantitative estimate of drug-likeness (QED) is 0.843. The second-order valence-electron chi connectivity index (χ2n) is 7.87. The van der Waals surface area contributed by atoms with Crippen molar-refractivity contribution in [2.75, 3.05) is 6.54 Å². The second kappa shape index (κ2) is 6.39. The molecule has 1 saturated heterocycles. The maximum atomic E-state index is 3.76. The summed E-state index contributed by atoms with van der Waals surface area (Å²) < 4.78 is 1.23. The van der Waals surface area contributed by atoms with E-state index in [1.54, 1.807) is 0 Å². The van der Waals surface area contributed by atoms with Crippen LogP contribution in [0.5, 0.6) is 0 Å². The lowest BCUT2D eigenvalue weighted by Crippen LogP contribution is -2.37. The van der Waals surface area contributed by atoms with E-state index in [1.165, 1.54) is 35.0 Å². The molecule has 0 spiro atoms. The number of hydrogen-bond acceptors (Lipinski definition) is 2. The topological polar surface area (TPSA) is 15.3 Å². The van der Waals surface area contributed by atoms with Crippen molar-refractivity contribution in [2.45, 2.75) is 71.6 Å². The van der Waals surface area contributed by atoms with Crippen LogP contribution in [-0.2, 0) is 13.1 Å². The van der Waals surface area contributed by atoms with E-state index in [0.29, 0.717) is 5.54 Å². The first-order valence-electron chi connectivity index (χ1n) is 7.95. The van der Waals surface area contributed by atoms with Crippen molar-refractivity contribution in [3.8, 4) is 0 Å². The summed E-state index contributed by atoms with van der Waals surface area (Å²) in [6, 6.07) is 6.79. The number of likely N-dealkylation sites (tertiary alicyclic amines) is 1. The summed E-state index contributed by atoms with van der Waals surface area (Å²) in [5, 5.41) is 3.54. The summed E-state index contributed by atoms with van der Waals surface area (Å²) >= 11 is 3.76. The minimum absolute atomic E-state index is 0.157. The first kappa shape index (κ1) is 17.0. The van der Waals surface area contributed by atoms with Crippen molar-refractivity contribution in [3.05, 3.63) is 33.8 Å². The lowest BCUT2D eigenvalue weighted by Gasteiger charge is -2.32. The van der Waals surface area contributed by atoms with Gasteiger partial charge in [0.2, 0.25) is 0 Å². The molecule has 2 nitrogen and oxygen atoms in total. The lowest BCUT2D eigenvalue weighted by atomic mass is 10.0. The van der Waals surface area contributed by atoms with Gasteiger partial charge in [-0.25, -0.2) is 0 Å². The van der Waals surface area contributed by atoms with Gasteiger partial charge in [-0.1, -0.05) is 28.1 Å². The van der Waals surface area contributed by atoms with Gasteiger partial charge in [-0.15, -0.1) is 0 Å². The molecule has 0 amide bonds. The zero-order valence-corrected chi connectivity index (χ0v) is 15.7. The van der Waals surface area contributed by atoms with Crippen LogP contribution in [-0.4, -0.2) is 22.5 Å². The van der Waals surface area contributed by atoms with Crippen LogP contribution in [0.25, 0.3) is 0 Å². The Bertz CT molecular complexity index is 488. The van der Waals surface area contributed by atoms with Crippen LogP contribution in [0.15, 0.2) is 22.7 Å². The number of nitrogens with one attached hydrogen (secondary N) is 1. The molecule has 21 heavy (non-hydrogen) atoms. The molecule has 3 heteroatoms. The predicted molar refractivity (Wildman–Crippen MR) is 94.5 cm³/mol. The van der Waals surface area contributed by atoms with Crippen molar-refractivity contribution < 1.29 is 0 Å². The monoisotopic (exact) mass is 352 g/mol. The fraction of sp³-hybridized carbons (Fsp3) is 0.667. The van der Waals surface area contributed by atoms with Crippen LogP contribution in [0.1, 0.15) is 58.6 Å². The highest BCUT2D eigenvalue weighted by molar-refractivity contribution is 9.10. The molecule has 0 unspecified atom stereocenters. The van der Waals surface area contributed by atoms with Crippen LogP contribution in [0.2, 0.25) is 0 Å². The van der Waals surface area contributed by atoms with E-state index in [9.17, 15) is 0 Å². The van der Waals surface area contributed by atoms with Gasteiger partial charge in [0.15, 0.2) is 0 Å². The summed E-state index contributed by atoms with van der Waals surface area (Å²) in [4.78, 5) is 2.60. The number of benzene rings is 1. The first-order valence-corrected chi connectivity index (χ1v) is 8.74. The van der Waals surface area contributed by atoms with E-state index in [1.807, 2.05) is 0 Å². The Morgan fingerprint density at radius 1 is 1.29 bits per heavy atom. The molecule has 0 aromatic heterocycles. The molecule has 1 fully saturated rings. The highest BCUT2D eigenvalue weighted by Crippen LogP contribution is 2.31. The van der Waals surface area contributed by atoms with Crippen LogP contribution in [0, 0.1) is 0 Å². The van der Waals surface area contributed by atoms with Gasteiger partial charge in [-0.2, -0.15) is 0 Å². The summed E-state index contributed by atoms with van der Waals surface area (Å²) in [5.41, 5.74) is 3.22. The Balaban J connectivity index is 2.02. The Hall–Kier alpha value is -0.380. The van der Waals surface area contributed by atoms with Gasteiger partial charge in [-0.3, -0.25) is 4.90 Å². The molecule has 1 aromatic rings. The van der Waals surface area contributed by atoms with Gasteiger partial charge < -0.3 is 5.32 Å². The minimum Gasteiger partial charge on any atom is -0.308 e. The third-order valence-corrected chi connectivity index (χ3v) is 5.11. The zero-order valence-electron chi connectivity index (χ0n) is 14.1. The molecule has 0 bridgehead atoms. The number of rotatable bonds is 4. The number of nitrogens with zero attached hydrogens (tertiary/aromatic N) is 1. The summed E-state index contributed by atoms with van der Waals surface area (Å²) in [5.74, 6) is 0. The van der Waals surface area contributed by atoms with Crippen molar-refractivity contribution in [2.24, 2.45) is 0 Å². The molecule has 1 heterocycles. The SMILES string of the molecule is CC(C)(C)NCc1ccc(CN2CCCC2(C)C)c(Br)c1. The molecule has 1 aliphatic rings. The lowest BCUT2D eigenvalue weighted by molar-refractivity contribution is 0.166. The van der Waals surface area contributed by atoms with Crippen molar-refractivity contribution in [3.63, 3.8) is 0 Å². The van der Waals surface area contributed by atoms with Gasteiger partial charge in [0, 0.05) is 28.6 Å². The van der Waals surface area contributed by atoms with Gasteiger partial charge in [0.1, 0.15) is 0 Å². The molecule has 1 aromatic carbocycles. The first-order chi connectivity index (χ1) is 9.67. The molecule has 118 valence electrons. The Morgan fingerprint density at radius 3 is 2.52 bits per heavy atom. The van der Waals surface area contributed by atoms with Crippen molar-refractivity contribution >= 4 is 15.9 Å². The summed E-state index contributed by atoms with van der Waals surface area (Å²) in [6.45, 7) is 14.5. The van der Waals surface area contributed by atoms with Gasteiger partial charge in [-0.05, 0) is 71.2 Å². The number of hydrogen-bond donors (Lipinski definition) is 1. The van der Waals surface area contributed by atoms with Crippen molar-refractivity contribution in [1.29, 1.82) is 0 Å². The van der Waals surface area contributed by atoms with Crippen LogP contribution in [0.4, 0.5) is 0 Å². The van der Waals surface area contributed by atoms with Gasteiger partial charge in [0.05, 0.1) is 0 Å². The average Bonchev–Trinajstić information content (AvgIpc) is 2.68. The normalized spacial score (nSPS) is 19.1. The van der Waals surface area contributed by atoms with Crippen molar-refractivity contribution in [1.82, 2.24) is 10.2 Å². The third-order valence-electron chi connectivity index (χ3n) is 4.37. The van der Waals surface area contributed by atoms with E-state index in [4.69, 9.17) is 0 Å². The highest BCUT2D eigenvalue weighted by atomic mass is 79.9. The third kappa shape index (κ3) is 4.80. The molecular formula is C18H29BrN2. The number of halogens is 1. The molecule has 0 atom stereocenters. The van der Waals surface area contributed by atoms with E-state index < -0.39 is 0 Å². The Kier molecular flexibility index (Phi) is 5.17. The molecule has 0 saturated carbocycles. The molecule has 1 aliphatic heterocycles. The fourth-order valence-corrected chi connectivity index (χ4v) is 3.41. The van der Waals surface area contributed by atoms with E-state index in [0.717, 1.165) is 13.1 Å². The molecular weight excluding hydrogens is 324 g/mol. The van der Waals surface area contributed by atoms with E-state index >= 15 is 0 Å². The van der Waals surface area contributed by atoms with Crippen LogP contribution >= 0.6 is 15.9 Å². The average molecular weight is 353 g/mol. The fourth-order valence-electron chi connectivity index (χ4n) is 2.86. The summed E-state index contributed by atoms with van der Waals surface area (Å²) in [7, 11) is 0. The largest absolute Gasteiger partial charge is 0.308 e. The highest BCUT2D eigenvalue weighted by Gasteiger charge is 2.31. The molecule has 1 N–H and O–H groups in total. The minimum atomic E-state index is 0.157. The zero-order chi connectivity index (χ0) is 15.7. The van der Waals surface area contributed by atoms with Gasteiger partial charge >= 0.3 is 0 Å². The maximum Gasteiger partial charge on any atom is 0.0250 e. The van der Waals surface area contributed by atoms with Gasteiger partial charge in [0.25, 0.3) is 0 Å². The van der Waals surface area contributed by atoms with E-state index in [2.05, 4.69) is 79.0 Å². The Morgan fingerprint density at radius 2 is 2.00 bits per heavy atom. The molecule has 2 rings (SSSR count). The summed E-state index contributed by atoms with van der Waals surface area (Å²) in [6.07, 6.45) is 2.62. The van der Waals surface area contributed by atoms with E-state index in [-0.39, 0.29) is 5.54 Å². The standard InChI is InChI=1S/C18H29BrN2/c1-17(2,3)20-12-14-7-8-15(16(19)11-14)13-21-10-6-9-18(21,4)5/h7-8,11,20H,6,9-10,12-13H2,1-5H3. The Labute approximate surface area is 138 Å².